The monoisotopic (exact) mass is 348 g/mol. The van der Waals surface area contributed by atoms with E-state index >= 15 is 0 Å². The summed E-state index contributed by atoms with van der Waals surface area (Å²) in [4.78, 5) is 13.2. The number of anilines is 1. The molecule has 100 valence electrons. The number of aromatic nitrogens is 3. The number of hydrogen-bond donors (Lipinski definition) is 1. The third kappa shape index (κ3) is 2.34. The topological polar surface area (TPSA) is 50.7 Å². The Bertz CT molecular complexity index is 777. The molecule has 0 saturated heterocycles. The first-order chi connectivity index (χ1) is 9.69. The van der Waals surface area contributed by atoms with Crippen LogP contribution in [0.3, 0.4) is 0 Å². The van der Waals surface area contributed by atoms with Gasteiger partial charge in [-0.25, -0.2) is 9.97 Å². The molecule has 20 heavy (non-hydrogen) atoms. The van der Waals surface area contributed by atoms with Gasteiger partial charge in [0.15, 0.2) is 5.82 Å². The number of halogens is 2. The van der Waals surface area contributed by atoms with Crippen molar-refractivity contribution >= 4 is 44.3 Å². The summed E-state index contributed by atoms with van der Waals surface area (Å²) in [6.45, 7) is 0. The molecule has 4 nitrogen and oxygen atoms in total. The average Bonchev–Trinajstić information content (AvgIpc) is 2.48. The first kappa shape index (κ1) is 13.3. The van der Waals surface area contributed by atoms with Crippen LogP contribution < -0.4 is 5.32 Å². The van der Waals surface area contributed by atoms with Crippen molar-refractivity contribution in [3.63, 3.8) is 0 Å². The Morgan fingerprint density at radius 1 is 1.25 bits per heavy atom. The van der Waals surface area contributed by atoms with Gasteiger partial charge in [0.2, 0.25) is 0 Å². The molecule has 0 saturated carbocycles. The van der Waals surface area contributed by atoms with E-state index in [0.29, 0.717) is 10.8 Å². The first-order valence-corrected chi connectivity index (χ1v) is 7.11. The van der Waals surface area contributed by atoms with Crippen molar-refractivity contribution in [1.82, 2.24) is 15.0 Å². The molecule has 0 radical (unpaired) electrons. The molecular weight excluding hydrogens is 340 g/mol. The first-order valence-electron chi connectivity index (χ1n) is 5.94. The van der Waals surface area contributed by atoms with Crippen LogP contribution in [0.1, 0.15) is 0 Å². The van der Waals surface area contributed by atoms with Crippen LogP contribution in [0.25, 0.3) is 22.3 Å². The molecule has 0 spiro atoms. The van der Waals surface area contributed by atoms with Gasteiger partial charge >= 0.3 is 0 Å². The quantitative estimate of drug-likeness (QED) is 0.755. The maximum Gasteiger partial charge on any atom is 0.163 e. The largest absolute Gasteiger partial charge is 0.373 e. The Kier molecular flexibility index (Phi) is 3.54. The average molecular weight is 350 g/mol. The number of pyridine rings is 1. The molecule has 1 N–H and O–H groups in total. The second-order valence-corrected chi connectivity index (χ2v) is 5.43. The molecule has 6 heteroatoms. The van der Waals surface area contributed by atoms with E-state index in [0.717, 1.165) is 26.8 Å². The van der Waals surface area contributed by atoms with Crippen molar-refractivity contribution in [2.24, 2.45) is 0 Å². The second kappa shape index (κ2) is 5.34. The molecule has 0 bridgehead atoms. The summed E-state index contributed by atoms with van der Waals surface area (Å²) >= 11 is 9.56. The molecule has 0 aliphatic carbocycles. The van der Waals surface area contributed by atoms with Gasteiger partial charge in [-0.1, -0.05) is 11.6 Å². The Labute approximate surface area is 129 Å². The Balaban J connectivity index is 2.29. The van der Waals surface area contributed by atoms with Crippen LogP contribution >= 0.6 is 27.5 Å². The van der Waals surface area contributed by atoms with E-state index in [1.54, 1.807) is 12.4 Å². The van der Waals surface area contributed by atoms with E-state index in [9.17, 15) is 0 Å². The number of nitrogens with zero attached hydrogens (tertiary/aromatic N) is 3. The number of hydrogen-bond acceptors (Lipinski definition) is 4. The summed E-state index contributed by atoms with van der Waals surface area (Å²) in [6, 6.07) is 7.52. The van der Waals surface area contributed by atoms with Gasteiger partial charge in [-0.15, -0.1) is 0 Å². The molecule has 0 atom stereocenters. The van der Waals surface area contributed by atoms with Gasteiger partial charge < -0.3 is 5.32 Å². The minimum atomic E-state index is 0.619. The molecule has 0 amide bonds. The van der Waals surface area contributed by atoms with Crippen molar-refractivity contribution < 1.29 is 0 Å². The summed E-state index contributed by atoms with van der Waals surface area (Å²) in [7, 11) is 1.83. The van der Waals surface area contributed by atoms with Gasteiger partial charge in [0, 0.05) is 34.9 Å². The lowest BCUT2D eigenvalue weighted by Crippen LogP contribution is -1.99. The van der Waals surface area contributed by atoms with Crippen molar-refractivity contribution in [2.75, 3.05) is 12.4 Å². The van der Waals surface area contributed by atoms with Gasteiger partial charge in [0.25, 0.3) is 0 Å². The fraction of sp³-hybridized carbons (Fsp3) is 0.0714. The maximum absolute atomic E-state index is 6.14. The Morgan fingerprint density at radius 2 is 2.10 bits per heavy atom. The van der Waals surface area contributed by atoms with Gasteiger partial charge in [0.1, 0.15) is 5.82 Å². The second-order valence-electron chi connectivity index (χ2n) is 4.17. The molecule has 2 aromatic heterocycles. The summed E-state index contributed by atoms with van der Waals surface area (Å²) in [6.07, 6.45) is 3.46. The minimum Gasteiger partial charge on any atom is -0.373 e. The Morgan fingerprint density at radius 3 is 2.80 bits per heavy atom. The smallest absolute Gasteiger partial charge is 0.163 e. The fourth-order valence-electron chi connectivity index (χ4n) is 1.94. The molecule has 2 heterocycles. The lowest BCUT2D eigenvalue weighted by atomic mass is 10.2. The molecule has 0 aliphatic heterocycles. The molecule has 0 aliphatic rings. The standard InChI is InChI=1S/C14H10BrClN4/c1-17-14-9-5-10(15)11(16)6-12(9)19-13(20-14)8-3-2-4-18-7-8/h2-7H,1H3,(H,17,19,20). The maximum atomic E-state index is 6.14. The van der Waals surface area contributed by atoms with Crippen LogP contribution in [-0.2, 0) is 0 Å². The van der Waals surface area contributed by atoms with E-state index in [1.165, 1.54) is 0 Å². The third-order valence-electron chi connectivity index (χ3n) is 2.89. The molecule has 3 rings (SSSR count). The van der Waals surface area contributed by atoms with Gasteiger partial charge in [-0.05, 0) is 40.2 Å². The Hall–Kier alpha value is -1.72. The zero-order chi connectivity index (χ0) is 14.1. The predicted octanol–water partition coefficient (Wildman–Crippen LogP) is 4.15. The van der Waals surface area contributed by atoms with Gasteiger partial charge in [-0.3, -0.25) is 4.98 Å². The highest BCUT2D eigenvalue weighted by molar-refractivity contribution is 9.10. The van der Waals surface area contributed by atoms with Crippen LogP contribution in [-0.4, -0.2) is 22.0 Å². The number of rotatable bonds is 2. The van der Waals surface area contributed by atoms with E-state index < -0.39 is 0 Å². The summed E-state index contributed by atoms with van der Waals surface area (Å²) in [5.41, 5.74) is 1.65. The normalized spacial score (nSPS) is 10.8. The van der Waals surface area contributed by atoms with Crippen molar-refractivity contribution in [3.8, 4) is 11.4 Å². The van der Waals surface area contributed by atoms with Crippen LogP contribution in [0.5, 0.6) is 0 Å². The third-order valence-corrected chi connectivity index (χ3v) is 4.09. The fourth-order valence-corrected chi connectivity index (χ4v) is 2.44. The van der Waals surface area contributed by atoms with Crippen LogP contribution in [0, 0.1) is 0 Å². The number of benzene rings is 1. The van der Waals surface area contributed by atoms with E-state index in [-0.39, 0.29) is 0 Å². The summed E-state index contributed by atoms with van der Waals surface area (Å²) in [5, 5.41) is 4.63. The van der Waals surface area contributed by atoms with E-state index in [1.807, 2.05) is 31.3 Å². The molecule has 0 fully saturated rings. The predicted molar refractivity (Wildman–Crippen MR) is 85.0 cm³/mol. The molecule has 3 aromatic rings. The van der Waals surface area contributed by atoms with Crippen LogP contribution in [0.4, 0.5) is 5.82 Å². The van der Waals surface area contributed by atoms with Gasteiger partial charge in [0.05, 0.1) is 10.5 Å². The van der Waals surface area contributed by atoms with Crippen LogP contribution in [0.15, 0.2) is 41.1 Å². The van der Waals surface area contributed by atoms with E-state index in [2.05, 4.69) is 36.2 Å². The zero-order valence-corrected chi connectivity index (χ0v) is 12.9. The minimum absolute atomic E-state index is 0.619. The van der Waals surface area contributed by atoms with Gasteiger partial charge in [-0.2, -0.15) is 0 Å². The van der Waals surface area contributed by atoms with Crippen LogP contribution in [0.2, 0.25) is 5.02 Å². The lowest BCUT2D eigenvalue weighted by molar-refractivity contribution is 1.20. The highest BCUT2D eigenvalue weighted by Gasteiger charge is 2.11. The van der Waals surface area contributed by atoms with Crippen molar-refractivity contribution in [1.29, 1.82) is 0 Å². The zero-order valence-electron chi connectivity index (χ0n) is 10.6. The van der Waals surface area contributed by atoms with Crippen molar-refractivity contribution in [3.05, 3.63) is 46.2 Å². The highest BCUT2D eigenvalue weighted by atomic mass is 79.9. The summed E-state index contributed by atoms with van der Waals surface area (Å²) in [5.74, 6) is 1.37. The summed E-state index contributed by atoms with van der Waals surface area (Å²) < 4.78 is 0.820. The SMILES string of the molecule is CNc1nc(-c2cccnc2)nc2cc(Cl)c(Br)cc12. The molecule has 1 aromatic carbocycles. The number of fused-ring (bicyclic) bond motifs is 1. The molecule has 0 unspecified atom stereocenters. The highest BCUT2D eigenvalue weighted by Crippen LogP contribution is 2.31. The van der Waals surface area contributed by atoms with E-state index in [4.69, 9.17) is 11.6 Å². The molecular formula is C14H10BrClN4. The van der Waals surface area contributed by atoms with Crippen molar-refractivity contribution in [2.45, 2.75) is 0 Å². The lowest BCUT2D eigenvalue weighted by Gasteiger charge is -2.09. The number of nitrogens with one attached hydrogen (secondary N) is 1.